The number of nitrogens with zero attached hydrogens (tertiary/aromatic N) is 2. The van der Waals surface area contributed by atoms with E-state index in [1.54, 1.807) is 0 Å². The fourth-order valence-electron chi connectivity index (χ4n) is 2.23. The first-order valence-electron chi connectivity index (χ1n) is 6.16. The first-order valence-corrected chi connectivity index (χ1v) is 6.54. The van der Waals surface area contributed by atoms with E-state index in [-0.39, 0.29) is 0 Å². The zero-order valence-electron chi connectivity index (χ0n) is 10.6. The third-order valence-corrected chi connectivity index (χ3v) is 3.41. The molecule has 0 fully saturated rings. The summed E-state index contributed by atoms with van der Waals surface area (Å²) < 4.78 is 2.08. The number of nitrogens with one attached hydrogen (secondary N) is 1. The summed E-state index contributed by atoms with van der Waals surface area (Å²) in [7, 11) is 1.92. The fraction of sp³-hybridized carbons (Fsp3) is 0.133. The van der Waals surface area contributed by atoms with Crippen LogP contribution in [0.1, 0.15) is 5.69 Å². The number of hydrogen-bond acceptors (Lipinski definition) is 2. The third kappa shape index (κ3) is 2.11. The summed E-state index contributed by atoms with van der Waals surface area (Å²) >= 11 is 6.28. The number of rotatable bonds is 3. The van der Waals surface area contributed by atoms with E-state index in [0.717, 1.165) is 29.1 Å². The van der Waals surface area contributed by atoms with Crippen LogP contribution in [0, 0.1) is 0 Å². The van der Waals surface area contributed by atoms with Gasteiger partial charge < -0.3 is 5.32 Å². The van der Waals surface area contributed by atoms with E-state index in [9.17, 15) is 0 Å². The Hall–Kier alpha value is -1.84. The Morgan fingerprint density at radius 3 is 2.74 bits per heavy atom. The third-order valence-electron chi connectivity index (χ3n) is 3.08. The standard InChI is InChI=1S/C15H14ClN3/c1-17-10-13-14-8-4-5-9-19(14)15(18-13)11-6-2-3-7-12(11)16/h2-9,17H,10H2,1H3. The molecule has 3 nitrogen and oxygen atoms in total. The summed E-state index contributed by atoms with van der Waals surface area (Å²) in [6.45, 7) is 0.734. The SMILES string of the molecule is CNCc1nc(-c2ccccc2Cl)n2ccccc12. The van der Waals surface area contributed by atoms with Crippen molar-refractivity contribution >= 4 is 17.1 Å². The number of hydrogen-bond donors (Lipinski definition) is 1. The average Bonchev–Trinajstić information content (AvgIpc) is 2.79. The van der Waals surface area contributed by atoms with Gasteiger partial charge in [0.15, 0.2) is 0 Å². The highest BCUT2D eigenvalue weighted by Crippen LogP contribution is 2.28. The molecule has 0 amide bonds. The topological polar surface area (TPSA) is 29.3 Å². The van der Waals surface area contributed by atoms with Crippen LogP contribution >= 0.6 is 11.6 Å². The Bertz CT molecular complexity index is 718. The first kappa shape index (κ1) is 12.2. The minimum Gasteiger partial charge on any atom is -0.314 e. The number of imidazole rings is 1. The van der Waals surface area contributed by atoms with Crippen molar-refractivity contribution in [3.05, 3.63) is 59.4 Å². The van der Waals surface area contributed by atoms with Gasteiger partial charge in [-0.25, -0.2) is 4.98 Å². The highest BCUT2D eigenvalue weighted by Gasteiger charge is 2.13. The summed E-state index contributed by atoms with van der Waals surface area (Å²) in [6, 6.07) is 13.9. The van der Waals surface area contributed by atoms with E-state index in [1.807, 2.05) is 49.6 Å². The molecule has 0 aliphatic carbocycles. The van der Waals surface area contributed by atoms with Crippen LogP contribution in [0.25, 0.3) is 16.9 Å². The number of aromatic nitrogens is 2. The molecular weight excluding hydrogens is 258 g/mol. The molecule has 0 saturated carbocycles. The Labute approximate surface area is 116 Å². The average molecular weight is 272 g/mol. The van der Waals surface area contributed by atoms with Crippen LogP contribution in [-0.4, -0.2) is 16.4 Å². The molecule has 1 N–H and O–H groups in total. The molecule has 0 aliphatic rings. The Morgan fingerprint density at radius 2 is 1.95 bits per heavy atom. The van der Waals surface area contributed by atoms with Crippen molar-refractivity contribution in [2.45, 2.75) is 6.54 Å². The van der Waals surface area contributed by atoms with E-state index in [4.69, 9.17) is 16.6 Å². The second-order valence-corrected chi connectivity index (χ2v) is 4.76. The molecule has 19 heavy (non-hydrogen) atoms. The Kier molecular flexibility index (Phi) is 3.23. The Balaban J connectivity index is 2.27. The zero-order valence-corrected chi connectivity index (χ0v) is 11.4. The van der Waals surface area contributed by atoms with Crippen LogP contribution in [0.4, 0.5) is 0 Å². The van der Waals surface area contributed by atoms with Gasteiger partial charge in [-0.2, -0.15) is 0 Å². The maximum Gasteiger partial charge on any atom is 0.146 e. The number of halogens is 1. The van der Waals surface area contributed by atoms with Crippen molar-refractivity contribution in [3.63, 3.8) is 0 Å². The molecule has 0 aliphatic heterocycles. The van der Waals surface area contributed by atoms with Crippen molar-refractivity contribution in [3.8, 4) is 11.4 Å². The van der Waals surface area contributed by atoms with Gasteiger partial charge in [0.1, 0.15) is 5.82 Å². The monoisotopic (exact) mass is 271 g/mol. The smallest absolute Gasteiger partial charge is 0.146 e. The van der Waals surface area contributed by atoms with Gasteiger partial charge in [0.2, 0.25) is 0 Å². The zero-order chi connectivity index (χ0) is 13.2. The summed E-state index contributed by atoms with van der Waals surface area (Å²) in [4.78, 5) is 4.73. The van der Waals surface area contributed by atoms with Gasteiger partial charge in [-0.05, 0) is 31.3 Å². The minimum atomic E-state index is 0.717. The lowest BCUT2D eigenvalue weighted by Gasteiger charge is -2.02. The molecular formula is C15H14ClN3. The van der Waals surface area contributed by atoms with Crippen molar-refractivity contribution in [2.24, 2.45) is 0 Å². The summed E-state index contributed by atoms with van der Waals surface area (Å²) in [5, 5.41) is 3.86. The van der Waals surface area contributed by atoms with Gasteiger partial charge in [-0.15, -0.1) is 0 Å². The van der Waals surface area contributed by atoms with Crippen LogP contribution < -0.4 is 5.32 Å². The summed E-state index contributed by atoms with van der Waals surface area (Å²) in [5.74, 6) is 0.881. The number of benzene rings is 1. The van der Waals surface area contributed by atoms with E-state index in [2.05, 4.69) is 15.8 Å². The minimum absolute atomic E-state index is 0.717. The second kappa shape index (κ2) is 5.03. The molecule has 0 bridgehead atoms. The number of pyridine rings is 1. The molecule has 0 atom stereocenters. The lowest BCUT2D eigenvalue weighted by Crippen LogP contribution is -2.05. The largest absolute Gasteiger partial charge is 0.314 e. The number of fused-ring (bicyclic) bond motifs is 1. The van der Waals surface area contributed by atoms with E-state index >= 15 is 0 Å². The molecule has 2 aromatic heterocycles. The van der Waals surface area contributed by atoms with Gasteiger partial charge in [0.05, 0.1) is 16.2 Å². The fourth-order valence-corrected chi connectivity index (χ4v) is 2.45. The summed E-state index contributed by atoms with van der Waals surface area (Å²) in [6.07, 6.45) is 2.01. The Morgan fingerprint density at radius 1 is 1.16 bits per heavy atom. The van der Waals surface area contributed by atoms with E-state index in [1.165, 1.54) is 0 Å². The predicted octanol–water partition coefficient (Wildman–Crippen LogP) is 3.37. The second-order valence-electron chi connectivity index (χ2n) is 4.35. The van der Waals surface area contributed by atoms with E-state index in [0.29, 0.717) is 5.02 Å². The molecule has 3 aromatic rings. The lowest BCUT2D eigenvalue weighted by molar-refractivity contribution is 0.803. The molecule has 0 unspecified atom stereocenters. The van der Waals surface area contributed by atoms with Crippen LogP contribution in [-0.2, 0) is 6.54 Å². The van der Waals surface area contributed by atoms with E-state index < -0.39 is 0 Å². The molecule has 4 heteroatoms. The van der Waals surface area contributed by atoms with Crippen LogP contribution in [0.3, 0.4) is 0 Å². The lowest BCUT2D eigenvalue weighted by atomic mass is 10.2. The van der Waals surface area contributed by atoms with Crippen LogP contribution in [0.5, 0.6) is 0 Å². The van der Waals surface area contributed by atoms with Crippen LogP contribution in [0.2, 0.25) is 5.02 Å². The van der Waals surface area contributed by atoms with Gasteiger partial charge in [0.25, 0.3) is 0 Å². The molecule has 96 valence electrons. The van der Waals surface area contributed by atoms with Gasteiger partial charge in [-0.1, -0.05) is 29.8 Å². The van der Waals surface area contributed by atoms with Gasteiger partial charge in [-0.3, -0.25) is 4.40 Å². The van der Waals surface area contributed by atoms with Crippen molar-refractivity contribution < 1.29 is 0 Å². The molecule has 2 heterocycles. The molecule has 0 saturated heterocycles. The van der Waals surface area contributed by atoms with Crippen molar-refractivity contribution in [2.75, 3.05) is 7.05 Å². The predicted molar refractivity (Wildman–Crippen MR) is 78.4 cm³/mol. The van der Waals surface area contributed by atoms with Crippen molar-refractivity contribution in [1.82, 2.24) is 14.7 Å². The van der Waals surface area contributed by atoms with Gasteiger partial charge >= 0.3 is 0 Å². The van der Waals surface area contributed by atoms with Gasteiger partial charge in [0, 0.05) is 18.3 Å². The molecule has 3 rings (SSSR count). The molecule has 0 radical (unpaired) electrons. The summed E-state index contributed by atoms with van der Waals surface area (Å²) in [5.41, 5.74) is 3.08. The molecule has 0 spiro atoms. The highest BCUT2D eigenvalue weighted by atomic mass is 35.5. The highest BCUT2D eigenvalue weighted by molar-refractivity contribution is 6.33. The van der Waals surface area contributed by atoms with Crippen molar-refractivity contribution in [1.29, 1.82) is 0 Å². The van der Waals surface area contributed by atoms with Crippen LogP contribution in [0.15, 0.2) is 48.7 Å². The maximum absolute atomic E-state index is 6.28. The first-order chi connectivity index (χ1) is 9.31. The maximum atomic E-state index is 6.28. The molecule has 1 aromatic carbocycles. The normalized spacial score (nSPS) is 11.1. The quantitative estimate of drug-likeness (QED) is 0.791.